The van der Waals surface area contributed by atoms with Gasteiger partial charge in [-0.3, -0.25) is 0 Å². The molecule has 0 saturated heterocycles. The van der Waals surface area contributed by atoms with Crippen LogP contribution < -0.4 is 0 Å². The lowest BCUT2D eigenvalue weighted by Crippen LogP contribution is -1.91. The van der Waals surface area contributed by atoms with Crippen molar-refractivity contribution >= 4 is 0 Å². The van der Waals surface area contributed by atoms with Crippen molar-refractivity contribution in [3.63, 3.8) is 0 Å². The normalized spacial score (nSPS) is 11.8. The molecule has 0 heteroatoms. The Kier molecular flexibility index (Phi) is 20.0. The summed E-state index contributed by atoms with van der Waals surface area (Å²) in [6.45, 7) is 11.4. The topological polar surface area (TPSA) is 0 Å². The molecule has 0 spiro atoms. The maximum atomic E-state index is 2.35. The first-order chi connectivity index (χ1) is 7.72. The van der Waals surface area contributed by atoms with Crippen molar-refractivity contribution in [2.75, 3.05) is 0 Å². The third-order valence-electron chi connectivity index (χ3n) is 3.20. The second-order valence-electron chi connectivity index (χ2n) is 5.07. The summed E-state index contributed by atoms with van der Waals surface area (Å²) in [7, 11) is 0. The smallest absolute Gasteiger partial charge is 0.0445 e. The third-order valence-corrected chi connectivity index (χ3v) is 3.20. The molecule has 0 amide bonds. The molecule has 16 heavy (non-hydrogen) atoms. The monoisotopic (exact) mass is 228 g/mol. The number of rotatable bonds is 9. The van der Waals surface area contributed by atoms with Crippen molar-refractivity contribution in [2.24, 2.45) is 5.92 Å². The molecule has 0 N–H and O–H groups in total. The lowest BCUT2D eigenvalue weighted by atomic mass is 10.0. The van der Waals surface area contributed by atoms with Gasteiger partial charge in [0.05, 0.1) is 0 Å². The zero-order valence-corrected chi connectivity index (χ0v) is 12.6. The fourth-order valence-electron chi connectivity index (χ4n) is 1.62. The van der Waals surface area contributed by atoms with E-state index in [0.717, 1.165) is 5.92 Å². The van der Waals surface area contributed by atoms with Crippen molar-refractivity contribution in [1.82, 2.24) is 0 Å². The van der Waals surface area contributed by atoms with Gasteiger partial charge in [0.15, 0.2) is 0 Å². The standard InChI is InChI=1S/C10H22.C6H14/c1-4-6-7-8-9-10(3)5-2;1-3-5-6-4-2/h10H,4-9H2,1-3H3;3-6H2,1-2H3. The van der Waals surface area contributed by atoms with Gasteiger partial charge in [0.2, 0.25) is 0 Å². The Bertz CT molecular complexity index is 92.2. The van der Waals surface area contributed by atoms with Gasteiger partial charge in [0.25, 0.3) is 0 Å². The molecule has 0 nitrogen and oxygen atoms in total. The molecule has 0 aliphatic rings. The summed E-state index contributed by atoms with van der Waals surface area (Å²) in [6, 6.07) is 0. The second kappa shape index (κ2) is 17.4. The van der Waals surface area contributed by atoms with E-state index in [9.17, 15) is 0 Å². The summed E-state index contributed by atoms with van der Waals surface area (Å²) in [6.07, 6.45) is 14.0. The largest absolute Gasteiger partial charge is 0.0654 e. The Hall–Kier alpha value is 0. The summed E-state index contributed by atoms with van der Waals surface area (Å²) >= 11 is 0. The summed E-state index contributed by atoms with van der Waals surface area (Å²) in [5.41, 5.74) is 0. The minimum Gasteiger partial charge on any atom is -0.0654 e. The van der Waals surface area contributed by atoms with Gasteiger partial charge in [-0.1, -0.05) is 98.8 Å². The molecule has 0 rings (SSSR count). The van der Waals surface area contributed by atoms with Crippen molar-refractivity contribution in [3.05, 3.63) is 0 Å². The predicted octanol–water partition coefficient (Wildman–Crippen LogP) is 6.59. The molecule has 0 aromatic heterocycles. The molecule has 1 unspecified atom stereocenters. The SMILES string of the molecule is CCCCCC.CCCCCCC(C)CC. The Morgan fingerprint density at radius 3 is 1.44 bits per heavy atom. The van der Waals surface area contributed by atoms with E-state index in [4.69, 9.17) is 0 Å². The van der Waals surface area contributed by atoms with Gasteiger partial charge in [-0.05, 0) is 5.92 Å². The third kappa shape index (κ3) is 19.6. The van der Waals surface area contributed by atoms with Gasteiger partial charge < -0.3 is 0 Å². The summed E-state index contributed by atoms with van der Waals surface area (Å²) in [4.78, 5) is 0. The molecular weight excluding hydrogens is 192 g/mol. The molecule has 0 aromatic carbocycles. The van der Waals surface area contributed by atoms with Gasteiger partial charge >= 0.3 is 0 Å². The maximum absolute atomic E-state index is 2.35. The summed E-state index contributed by atoms with van der Waals surface area (Å²) in [5, 5.41) is 0. The summed E-state index contributed by atoms with van der Waals surface area (Å²) < 4.78 is 0. The van der Waals surface area contributed by atoms with Crippen LogP contribution in [0.25, 0.3) is 0 Å². The maximum Gasteiger partial charge on any atom is -0.0445 e. The van der Waals surface area contributed by atoms with Gasteiger partial charge in [-0.15, -0.1) is 0 Å². The van der Waals surface area contributed by atoms with E-state index >= 15 is 0 Å². The average Bonchev–Trinajstić information content (AvgIpc) is 2.32. The minimum absolute atomic E-state index is 0.955. The molecule has 0 bridgehead atoms. The van der Waals surface area contributed by atoms with Crippen LogP contribution in [-0.2, 0) is 0 Å². The molecule has 1 atom stereocenters. The van der Waals surface area contributed by atoms with Gasteiger partial charge in [-0.2, -0.15) is 0 Å². The van der Waals surface area contributed by atoms with Crippen LogP contribution in [0.5, 0.6) is 0 Å². The molecule has 0 heterocycles. The molecule has 0 aliphatic heterocycles. The van der Waals surface area contributed by atoms with Crippen LogP contribution in [0.2, 0.25) is 0 Å². The number of hydrogen-bond acceptors (Lipinski definition) is 0. The summed E-state index contributed by atoms with van der Waals surface area (Å²) in [5.74, 6) is 0.955. The minimum atomic E-state index is 0.955. The van der Waals surface area contributed by atoms with Crippen molar-refractivity contribution in [1.29, 1.82) is 0 Å². The highest BCUT2D eigenvalue weighted by atomic mass is 14.0. The number of unbranched alkanes of at least 4 members (excludes halogenated alkanes) is 6. The molecule has 0 saturated carbocycles. The Morgan fingerprint density at radius 2 is 1.06 bits per heavy atom. The fraction of sp³-hybridized carbons (Fsp3) is 1.00. The Morgan fingerprint density at radius 1 is 0.625 bits per heavy atom. The molecule has 0 radical (unpaired) electrons. The Labute approximate surface area is 105 Å². The van der Waals surface area contributed by atoms with E-state index in [1.54, 1.807) is 0 Å². The lowest BCUT2D eigenvalue weighted by Gasteiger charge is -2.06. The molecule has 0 fully saturated rings. The van der Waals surface area contributed by atoms with Crippen LogP contribution in [0.15, 0.2) is 0 Å². The first kappa shape index (κ1) is 18.4. The second-order valence-corrected chi connectivity index (χ2v) is 5.07. The predicted molar refractivity (Wildman–Crippen MR) is 78.0 cm³/mol. The molecule has 100 valence electrons. The van der Waals surface area contributed by atoms with E-state index in [1.165, 1.54) is 64.2 Å². The highest BCUT2D eigenvalue weighted by Gasteiger charge is 1.96. The van der Waals surface area contributed by atoms with Crippen LogP contribution in [0, 0.1) is 5.92 Å². The van der Waals surface area contributed by atoms with Gasteiger partial charge in [0.1, 0.15) is 0 Å². The van der Waals surface area contributed by atoms with Crippen LogP contribution in [-0.4, -0.2) is 0 Å². The van der Waals surface area contributed by atoms with Gasteiger partial charge in [-0.25, -0.2) is 0 Å². The van der Waals surface area contributed by atoms with E-state index in [-0.39, 0.29) is 0 Å². The van der Waals surface area contributed by atoms with Crippen LogP contribution >= 0.6 is 0 Å². The van der Waals surface area contributed by atoms with E-state index in [1.807, 2.05) is 0 Å². The number of hydrogen-bond donors (Lipinski definition) is 0. The van der Waals surface area contributed by atoms with E-state index in [2.05, 4.69) is 34.6 Å². The van der Waals surface area contributed by atoms with E-state index in [0.29, 0.717) is 0 Å². The zero-order valence-electron chi connectivity index (χ0n) is 12.6. The van der Waals surface area contributed by atoms with E-state index < -0.39 is 0 Å². The van der Waals surface area contributed by atoms with Crippen LogP contribution in [0.3, 0.4) is 0 Å². The zero-order chi connectivity index (χ0) is 12.6. The molecule has 0 aliphatic carbocycles. The first-order valence-electron chi connectivity index (χ1n) is 7.72. The van der Waals surface area contributed by atoms with Crippen molar-refractivity contribution in [3.8, 4) is 0 Å². The lowest BCUT2D eigenvalue weighted by molar-refractivity contribution is 0.477. The van der Waals surface area contributed by atoms with Crippen LogP contribution in [0.1, 0.15) is 98.8 Å². The first-order valence-corrected chi connectivity index (χ1v) is 7.72. The van der Waals surface area contributed by atoms with Crippen LogP contribution in [0.4, 0.5) is 0 Å². The fourth-order valence-corrected chi connectivity index (χ4v) is 1.62. The average molecular weight is 228 g/mol. The van der Waals surface area contributed by atoms with Gasteiger partial charge in [0, 0.05) is 0 Å². The van der Waals surface area contributed by atoms with Crippen molar-refractivity contribution in [2.45, 2.75) is 98.8 Å². The Balaban J connectivity index is 0. The highest BCUT2D eigenvalue weighted by Crippen LogP contribution is 2.12. The van der Waals surface area contributed by atoms with Crippen molar-refractivity contribution < 1.29 is 0 Å². The molecular formula is C16H36. The quantitative estimate of drug-likeness (QED) is 0.390. The highest BCUT2D eigenvalue weighted by molar-refractivity contribution is 4.50. The molecule has 0 aromatic rings.